The number of fused-ring (bicyclic) bond motifs is 5. The lowest BCUT2D eigenvalue weighted by atomic mass is 9.54. The number of hydrogen-bond donors (Lipinski definition) is 0. The number of rotatable bonds is 1. The molecular weight excluding hydrogens is 188 g/mol. The third kappa shape index (κ3) is 1.03. The quantitative estimate of drug-likeness (QED) is 0.618. The van der Waals surface area contributed by atoms with Gasteiger partial charge in [-0.05, 0) is 48.3 Å². The molecule has 3 aliphatic carbocycles. The fraction of sp³-hybridized carbons (Fsp3) is 0.923. The van der Waals surface area contributed by atoms with E-state index in [1.165, 1.54) is 13.5 Å². The smallest absolute Gasteiger partial charge is 0.308 e. The van der Waals surface area contributed by atoms with E-state index >= 15 is 0 Å². The number of hydrogen-bond acceptors (Lipinski definition) is 2. The number of esters is 1. The molecule has 84 valence electrons. The molecule has 3 rings (SSSR count). The molecule has 0 aromatic rings. The molecule has 0 radical (unpaired) electrons. The van der Waals surface area contributed by atoms with E-state index in [9.17, 15) is 4.79 Å². The first-order chi connectivity index (χ1) is 7.15. The van der Waals surface area contributed by atoms with Gasteiger partial charge in [0.15, 0.2) is 0 Å². The zero-order valence-corrected chi connectivity index (χ0v) is 9.77. The van der Waals surface area contributed by atoms with Crippen molar-refractivity contribution in [1.82, 2.24) is 0 Å². The first kappa shape index (κ1) is 9.68. The molecule has 7 atom stereocenters. The predicted molar refractivity (Wildman–Crippen MR) is 57.0 cm³/mol. The van der Waals surface area contributed by atoms with Crippen molar-refractivity contribution in [3.05, 3.63) is 0 Å². The van der Waals surface area contributed by atoms with Crippen LogP contribution in [-0.2, 0) is 9.53 Å². The van der Waals surface area contributed by atoms with Crippen molar-refractivity contribution in [3.63, 3.8) is 0 Å². The number of carbonyl (C=O) groups excluding carboxylic acids is 1. The summed E-state index contributed by atoms with van der Waals surface area (Å²) < 4.78 is 4.89. The molecule has 2 heteroatoms. The molecule has 0 N–H and O–H groups in total. The molecule has 3 fully saturated rings. The molecule has 0 heterocycles. The van der Waals surface area contributed by atoms with E-state index in [4.69, 9.17) is 4.74 Å². The highest BCUT2D eigenvalue weighted by molar-refractivity contribution is 5.74. The Morgan fingerprint density at radius 1 is 1.07 bits per heavy atom. The minimum atomic E-state index is 0.0450. The summed E-state index contributed by atoms with van der Waals surface area (Å²) in [5.74, 6) is 5.25. The molecule has 7 unspecified atom stereocenters. The van der Waals surface area contributed by atoms with E-state index in [0.29, 0.717) is 5.92 Å². The van der Waals surface area contributed by atoms with Gasteiger partial charge in [-0.3, -0.25) is 4.79 Å². The first-order valence-corrected chi connectivity index (χ1v) is 6.23. The fourth-order valence-electron chi connectivity index (χ4n) is 4.79. The minimum Gasteiger partial charge on any atom is -0.469 e. The lowest BCUT2D eigenvalue weighted by molar-refractivity contribution is -0.159. The molecule has 0 spiro atoms. The summed E-state index contributed by atoms with van der Waals surface area (Å²) in [5.41, 5.74) is 0. The van der Waals surface area contributed by atoms with E-state index in [0.717, 1.165) is 36.0 Å². The van der Waals surface area contributed by atoms with Gasteiger partial charge >= 0.3 is 5.97 Å². The fourth-order valence-corrected chi connectivity index (χ4v) is 4.79. The average Bonchev–Trinajstić information content (AvgIpc) is 2.61. The molecule has 0 saturated heterocycles. The van der Waals surface area contributed by atoms with Gasteiger partial charge in [-0.15, -0.1) is 0 Å². The molecule has 0 aliphatic heterocycles. The van der Waals surface area contributed by atoms with Crippen molar-refractivity contribution >= 4 is 5.97 Å². The Hall–Kier alpha value is -0.530. The second kappa shape index (κ2) is 2.99. The Bertz CT molecular complexity index is 299. The van der Waals surface area contributed by atoms with Crippen LogP contribution in [0, 0.1) is 41.4 Å². The summed E-state index contributed by atoms with van der Waals surface area (Å²) in [6.45, 7) is 4.77. The standard InChI is InChI=1S/C13H20O2/c1-6-7(2)9-4-8(6)10-5-11(12(9)10)13(14)15-3/h6-12H,4-5H2,1-3H3. The normalized spacial score (nSPS) is 56.1. The topological polar surface area (TPSA) is 26.3 Å². The molecule has 0 aromatic carbocycles. The zero-order chi connectivity index (χ0) is 10.7. The number of carbonyl (C=O) groups is 1. The SMILES string of the molecule is COC(=O)C1CC2C3CC(C(C)C3C)C12. The van der Waals surface area contributed by atoms with Crippen LogP contribution in [0.1, 0.15) is 26.7 Å². The molecule has 2 bridgehead atoms. The third-order valence-electron chi connectivity index (χ3n) is 5.76. The highest BCUT2D eigenvalue weighted by Crippen LogP contribution is 2.67. The Labute approximate surface area is 91.4 Å². The largest absolute Gasteiger partial charge is 0.469 e. The van der Waals surface area contributed by atoms with Crippen LogP contribution in [-0.4, -0.2) is 13.1 Å². The van der Waals surface area contributed by atoms with Gasteiger partial charge in [0.1, 0.15) is 0 Å². The van der Waals surface area contributed by atoms with Crippen LogP contribution in [0.3, 0.4) is 0 Å². The highest BCUT2D eigenvalue weighted by atomic mass is 16.5. The average molecular weight is 208 g/mol. The summed E-state index contributed by atoms with van der Waals surface area (Å²) in [6.07, 6.45) is 2.49. The van der Waals surface area contributed by atoms with Crippen molar-refractivity contribution in [2.24, 2.45) is 41.4 Å². The molecule has 15 heavy (non-hydrogen) atoms. The lowest BCUT2D eigenvalue weighted by Gasteiger charge is -2.50. The molecule has 0 amide bonds. The van der Waals surface area contributed by atoms with Gasteiger partial charge in [-0.25, -0.2) is 0 Å². The lowest BCUT2D eigenvalue weighted by Crippen LogP contribution is -2.49. The van der Waals surface area contributed by atoms with Crippen LogP contribution in [0.5, 0.6) is 0 Å². The van der Waals surface area contributed by atoms with Crippen molar-refractivity contribution in [2.45, 2.75) is 26.7 Å². The van der Waals surface area contributed by atoms with Gasteiger partial charge in [0.25, 0.3) is 0 Å². The third-order valence-corrected chi connectivity index (χ3v) is 5.76. The first-order valence-electron chi connectivity index (χ1n) is 6.23. The van der Waals surface area contributed by atoms with E-state index in [1.807, 2.05) is 0 Å². The van der Waals surface area contributed by atoms with E-state index in [-0.39, 0.29) is 11.9 Å². The van der Waals surface area contributed by atoms with E-state index < -0.39 is 0 Å². The summed E-state index contributed by atoms with van der Waals surface area (Å²) >= 11 is 0. The monoisotopic (exact) mass is 208 g/mol. The van der Waals surface area contributed by atoms with Crippen LogP contribution >= 0.6 is 0 Å². The Morgan fingerprint density at radius 3 is 2.40 bits per heavy atom. The van der Waals surface area contributed by atoms with Gasteiger partial charge in [-0.2, -0.15) is 0 Å². The Balaban J connectivity index is 1.79. The second-order valence-corrected chi connectivity index (χ2v) is 5.89. The van der Waals surface area contributed by atoms with E-state index in [2.05, 4.69) is 13.8 Å². The summed E-state index contributed by atoms with van der Waals surface area (Å²) in [4.78, 5) is 11.6. The maximum atomic E-state index is 11.6. The predicted octanol–water partition coefficient (Wildman–Crippen LogP) is 2.33. The van der Waals surface area contributed by atoms with Gasteiger partial charge in [0.05, 0.1) is 13.0 Å². The zero-order valence-electron chi connectivity index (χ0n) is 9.77. The minimum absolute atomic E-state index is 0.0450. The van der Waals surface area contributed by atoms with Crippen LogP contribution in [0.15, 0.2) is 0 Å². The van der Waals surface area contributed by atoms with Crippen LogP contribution in [0.4, 0.5) is 0 Å². The number of methoxy groups -OCH3 is 1. The van der Waals surface area contributed by atoms with Gasteiger partial charge < -0.3 is 4.74 Å². The van der Waals surface area contributed by atoms with Crippen molar-refractivity contribution < 1.29 is 9.53 Å². The molecule has 3 saturated carbocycles. The maximum Gasteiger partial charge on any atom is 0.308 e. The van der Waals surface area contributed by atoms with Crippen molar-refractivity contribution in [2.75, 3.05) is 7.11 Å². The van der Waals surface area contributed by atoms with Gasteiger partial charge in [-0.1, -0.05) is 13.8 Å². The molecular formula is C13H20O2. The highest BCUT2D eigenvalue weighted by Gasteiger charge is 2.63. The van der Waals surface area contributed by atoms with Crippen LogP contribution in [0.25, 0.3) is 0 Å². The molecule has 3 aliphatic rings. The summed E-state index contributed by atoms with van der Waals surface area (Å²) in [6, 6.07) is 0. The van der Waals surface area contributed by atoms with E-state index in [1.54, 1.807) is 0 Å². The number of ether oxygens (including phenoxy) is 1. The second-order valence-electron chi connectivity index (χ2n) is 5.89. The van der Waals surface area contributed by atoms with Crippen LogP contribution < -0.4 is 0 Å². The summed E-state index contributed by atoms with van der Waals surface area (Å²) in [7, 11) is 1.52. The van der Waals surface area contributed by atoms with Crippen molar-refractivity contribution in [3.8, 4) is 0 Å². The van der Waals surface area contributed by atoms with Gasteiger partial charge in [0, 0.05) is 0 Å². The van der Waals surface area contributed by atoms with Gasteiger partial charge in [0.2, 0.25) is 0 Å². The Kier molecular flexibility index (Phi) is 1.93. The molecule has 2 nitrogen and oxygen atoms in total. The van der Waals surface area contributed by atoms with Crippen LogP contribution in [0.2, 0.25) is 0 Å². The summed E-state index contributed by atoms with van der Waals surface area (Å²) in [5, 5.41) is 0. The molecule has 0 aromatic heterocycles. The van der Waals surface area contributed by atoms with Crippen molar-refractivity contribution in [1.29, 1.82) is 0 Å². The maximum absolute atomic E-state index is 11.6. The Morgan fingerprint density at radius 2 is 1.73 bits per heavy atom.